The van der Waals surface area contributed by atoms with E-state index in [1.54, 1.807) is 0 Å². The summed E-state index contributed by atoms with van der Waals surface area (Å²) in [6.07, 6.45) is 0. The van der Waals surface area contributed by atoms with E-state index in [1.807, 2.05) is 11.3 Å². The monoisotopic (exact) mass is 425 g/mol. The maximum atomic E-state index is 3.83. The average Bonchev–Trinajstić information content (AvgIpc) is 3.24. The number of fused-ring (bicyclic) bond motifs is 9. The Morgan fingerprint density at radius 3 is 1.56 bits per heavy atom. The van der Waals surface area contributed by atoms with Crippen LogP contribution in [0.3, 0.4) is 0 Å². The van der Waals surface area contributed by atoms with Crippen LogP contribution < -0.4 is 5.32 Å². The zero-order valence-electron chi connectivity index (χ0n) is 17.3. The van der Waals surface area contributed by atoms with Crippen LogP contribution in [0, 0.1) is 0 Å². The van der Waals surface area contributed by atoms with Crippen LogP contribution in [-0.2, 0) is 0 Å². The third-order valence-electron chi connectivity index (χ3n) is 6.44. The van der Waals surface area contributed by atoms with Gasteiger partial charge in [-0.15, -0.1) is 11.3 Å². The first-order valence-electron chi connectivity index (χ1n) is 10.9. The summed E-state index contributed by atoms with van der Waals surface area (Å²) in [5.74, 6) is 0. The minimum atomic E-state index is 1.15. The standard InChI is InChI=1S/C30H19NS/c1-2-10-21-19(9-1)20-11-3-4-12-22(20)29-23(21)14-7-15-25(29)31-26-16-8-18-28-30(26)24-13-5-6-17-27(24)32-28/h1-18,31H. The number of benzene rings is 6. The van der Waals surface area contributed by atoms with Crippen LogP contribution >= 0.6 is 11.3 Å². The van der Waals surface area contributed by atoms with Crippen LogP contribution in [-0.4, -0.2) is 0 Å². The van der Waals surface area contributed by atoms with Gasteiger partial charge in [0.15, 0.2) is 0 Å². The molecule has 1 nitrogen and oxygen atoms in total. The summed E-state index contributed by atoms with van der Waals surface area (Å²) >= 11 is 1.85. The minimum Gasteiger partial charge on any atom is -0.354 e. The Hall–Kier alpha value is -3.88. The first kappa shape index (κ1) is 17.8. The molecule has 1 N–H and O–H groups in total. The molecule has 0 spiro atoms. The van der Waals surface area contributed by atoms with E-state index >= 15 is 0 Å². The highest BCUT2D eigenvalue weighted by atomic mass is 32.1. The SMILES string of the molecule is c1ccc2c(c1)sc1cccc(Nc3cccc4c5ccccc5c5ccccc5c34)c12. The third kappa shape index (κ3) is 2.50. The van der Waals surface area contributed by atoms with Crippen molar-refractivity contribution in [2.45, 2.75) is 0 Å². The van der Waals surface area contributed by atoms with E-state index in [2.05, 4.69) is 115 Å². The number of nitrogens with one attached hydrogen (secondary N) is 1. The highest BCUT2D eigenvalue weighted by Crippen LogP contribution is 2.42. The smallest absolute Gasteiger partial charge is 0.0478 e. The van der Waals surface area contributed by atoms with E-state index in [0.717, 1.165) is 11.4 Å². The molecule has 2 heteroatoms. The van der Waals surface area contributed by atoms with Crippen LogP contribution in [0.1, 0.15) is 0 Å². The highest BCUT2D eigenvalue weighted by Gasteiger charge is 2.13. The van der Waals surface area contributed by atoms with Gasteiger partial charge in [-0.3, -0.25) is 0 Å². The molecule has 0 saturated heterocycles. The van der Waals surface area contributed by atoms with Gasteiger partial charge in [-0.1, -0.05) is 84.9 Å². The Kier molecular flexibility index (Phi) is 3.78. The summed E-state index contributed by atoms with van der Waals surface area (Å²) in [5.41, 5.74) is 2.30. The van der Waals surface area contributed by atoms with Crippen LogP contribution in [0.15, 0.2) is 109 Å². The molecule has 0 bridgehead atoms. The van der Waals surface area contributed by atoms with Gasteiger partial charge >= 0.3 is 0 Å². The van der Waals surface area contributed by atoms with Crippen molar-refractivity contribution in [1.82, 2.24) is 0 Å². The van der Waals surface area contributed by atoms with Gasteiger partial charge in [0.25, 0.3) is 0 Å². The number of thiophene rings is 1. The molecular formula is C30H19NS. The molecule has 7 rings (SSSR count). The van der Waals surface area contributed by atoms with E-state index < -0.39 is 0 Å². The van der Waals surface area contributed by atoms with Gasteiger partial charge in [-0.05, 0) is 51.2 Å². The number of hydrogen-bond donors (Lipinski definition) is 1. The molecule has 0 saturated carbocycles. The minimum absolute atomic E-state index is 1.15. The van der Waals surface area contributed by atoms with Gasteiger partial charge in [0.2, 0.25) is 0 Å². The van der Waals surface area contributed by atoms with Crippen molar-refractivity contribution in [3.05, 3.63) is 109 Å². The van der Waals surface area contributed by atoms with Gasteiger partial charge in [0.1, 0.15) is 0 Å². The zero-order valence-corrected chi connectivity index (χ0v) is 18.1. The maximum Gasteiger partial charge on any atom is 0.0478 e. The van der Waals surface area contributed by atoms with E-state index in [4.69, 9.17) is 0 Å². The molecule has 1 aromatic heterocycles. The van der Waals surface area contributed by atoms with Gasteiger partial charge < -0.3 is 5.32 Å². The van der Waals surface area contributed by atoms with Crippen LogP contribution in [0.5, 0.6) is 0 Å². The lowest BCUT2D eigenvalue weighted by atomic mass is 9.93. The van der Waals surface area contributed by atoms with Gasteiger partial charge in [-0.2, -0.15) is 0 Å². The Morgan fingerprint density at radius 2 is 0.844 bits per heavy atom. The fourth-order valence-corrected chi connectivity index (χ4v) is 6.22. The molecule has 0 fully saturated rings. The quantitative estimate of drug-likeness (QED) is 0.272. The molecule has 7 aromatic rings. The molecule has 0 radical (unpaired) electrons. The number of anilines is 2. The molecule has 1 heterocycles. The van der Waals surface area contributed by atoms with Gasteiger partial charge in [0, 0.05) is 36.9 Å². The topological polar surface area (TPSA) is 12.0 Å². The fourth-order valence-electron chi connectivity index (χ4n) is 5.08. The molecule has 32 heavy (non-hydrogen) atoms. The van der Waals surface area contributed by atoms with Crippen LogP contribution in [0.4, 0.5) is 11.4 Å². The summed E-state index contributed by atoms with van der Waals surface area (Å²) in [7, 11) is 0. The van der Waals surface area contributed by atoms with Crippen molar-refractivity contribution >= 4 is 75.2 Å². The number of hydrogen-bond acceptors (Lipinski definition) is 2. The molecule has 0 unspecified atom stereocenters. The maximum absolute atomic E-state index is 3.83. The Bertz CT molecular complexity index is 1760. The predicted octanol–water partition coefficient (Wildman–Crippen LogP) is 9.26. The molecule has 0 aliphatic heterocycles. The molecule has 0 atom stereocenters. The summed E-state index contributed by atoms with van der Waals surface area (Å²) in [6.45, 7) is 0. The van der Waals surface area contributed by atoms with Crippen molar-refractivity contribution in [3.63, 3.8) is 0 Å². The first-order valence-corrected chi connectivity index (χ1v) is 11.7. The largest absolute Gasteiger partial charge is 0.354 e. The summed E-state index contributed by atoms with van der Waals surface area (Å²) in [6, 6.07) is 39.4. The van der Waals surface area contributed by atoms with E-state index in [0.29, 0.717) is 0 Å². The van der Waals surface area contributed by atoms with Gasteiger partial charge in [-0.25, -0.2) is 0 Å². The van der Waals surface area contributed by atoms with E-state index in [1.165, 1.54) is 52.5 Å². The van der Waals surface area contributed by atoms with Crippen molar-refractivity contribution in [2.24, 2.45) is 0 Å². The molecule has 0 aliphatic carbocycles. The second kappa shape index (κ2) is 6.81. The van der Waals surface area contributed by atoms with Crippen molar-refractivity contribution in [3.8, 4) is 0 Å². The van der Waals surface area contributed by atoms with Crippen molar-refractivity contribution in [1.29, 1.82) is 0 Å². The summed E-state index contributed by atoms with van der Waals surface area (Å²) in [4.78, 5) is 0. The molecule has 150 valence electrons. The Labute approximate surface area is 189 Å². The summed E-state index contributed by atoms with van der Waals surface area (Å²) in [5, 5.41) is 14.2. The zero-order chi connectivity index (χ0) is 21.1. The number of rotatable bonds is 2. The first-order chi connectivity index (χ1) is 15.9. The average molecular weight is 426 g/mol. The second-order valence-corrected chi connectivity index (χ2v) is 9.31. The lowest BCUT2D eigenvalue weighted by Crippen LogP contribution is -1.93. The highest BCUT2D eigenvalue weighted by molar-refractivity contribution is 7.25. The van der Waals surface area contributed by atoms with Crippen molar-refractivity contribution < 1.29 is 0 Å². The fraction of sp³-hybridized carbons (Fsp3) is 0. The molecule has 0 aliphatic rings. The van der Waals surface area contributed by atoms with E-state index in [-0.39, 0.29) is 0 Å². The van der Waals surface area contributed by atoms with E-state index in [9.17, 15) is 0 Å². The Morgan fingerprint density at radius 1 is 0.375 bits per heavy atom. The lowest BCUT2D eigenvalue weighted by molar-refractivity contribution is 1.64. The van der Waals surface area contributed by atoms with Crippen LogP contribution in [0.2, 0.25) is 0 Å². The molecule has 0 amide bonds. The van der Waals surface area contributed by atoms with Crippen molar-refractivity contribution in [2.75, 3.05) is 5.32 Å². The molecular weight excluding hydrogens is 406 g/mol. The van der Waals surface area contributed by atoms with Crippen LogP contribution in [0.25, 0.3) is 52.5 Å². The Balaban J connectivity index is 1.56. The third-order valence-corrected chi connectivity index (χ3v) is 7.58. The summed E-state index contributed by atoms with van der Waals surface area (Å²) < 4.78 is 2.64. The lowest BCUT2D eigenvalue weighted by Gasteiger charge is -2.16. The predicted molar refractivity (Wildman–Crippen MR) is 142 cm³/mol. The second-order valence-electron chi connectivity index (χ2n) is 8.22. The van der Waals surface area contributed by atoms with Gasteiger partial charge in [0.05, 0.1) is 0 Å². The normalized spacial score (nSPS) is 11.8. The molecule has 6 aromatic carbocycles.